The van der Waals surface area contributed by atoms with Gasteiger partial charge in [0.1, 0.15) is 5.82 Å². The first kappa shape index (κ1) is 10.8. The highest BCUT2D eigenvalue weighted by atomic mass is 15.2. The Labute approximate surface area is 85.2 Å². The van der Waals surface area contributed by atoms with Gasteiger partial charge in [0.2, 0.25) is 5.95 Å². The highest BCUT2D eigenvalue weighted by molar-refractivity contribution is 5.47. The maximum atomic E-state index is 5.56. The van der Waals surface area contributed by atoms with Crippen LogP contribution < -0.4 is 10.6 Å². The highest BCUT2D eigenvalue weighted by Crippen LogP contribution is 2.18. The van der Waals surface area contributed by atoms with Gasteiger partial charge >= 0.3 is 0 Å². The first-order valence-corrected chi connectivity index (χ1v) is 4.88. The van der Waals surface area contributed by atoms with Crippen molar-refractivity contribution < 1.29 is 0 Å². The number of nitrogens with two attached hydrogens (primary N) is 1. The van der Waals surface area contributed by atoms with Gasteiger partial charge in [-0.2, -0.15) is 4.98 Å². The Morgan fingerprint density at radius 1 is 1.57 bits per heavy atom. The molecule has 1 unspecified atom stereocenters. The van der Waals surface area contributed by atoms with Gasteiger partial charge in [0.05, 0.1) is 0 Å². The summed E-state index contributed by atoms with van der Waals surface area (Å²) in [6.45, 7) is 6.31. The summed E-state index contributed by atoms with van der Waals surface area (Å²) in [7, 11) is 2.03. The fraction of sp³-hybridized carbons (Fsp3) is 0.600. The molecule has 2 N–H and O–H groups in total. The van der Waals surface area contributed by atoms with Crippen molar-refractivity contribution >= 4 is 11.8 Å². The molecule has 0 saturated heterocycles. The first-order chi connectivity index (χ1) is 6.56. The van der Waals surface area contributed by atoms with E-state index < -0.39 is 0 Å². The monoisotopic (exact) mass is 194 g/mol. The Balaban J connectivity index is 2.99. The predicted octanol–water partition coefficient (Wildman–Crippen LogP) is 1.60. The van der Waals surface area contributed by atoms with Gasteiger partial charge in [-0.25, -0.2) is 4.98 Å². The molecule has 1 aromatic rings. The topological polar surface area (TPSA) is 55.0 Å². The summed E-state index contributed by atoms with van der Waals surface area (Å²) in [5, 5.41) is 0. The number of aryl methyl sites for hydroxylation is 1. The maximum absolute atomic E-state index is 5.56. The third-order valence-corrected chi connectivity index (χ3v) is 2.55. The summed E-state index contributed by atoms with van der Waals surface area (Å²) in [6.07, 6.45) is 2.84. The molecule has 0 fully saturated rings. The summed E-state index contributed by atoms with van der Waals surface area (Å²) in [6, 6.07) is 0.461. The van der Waals surface area contributed by atoms with Crippen LogP contribution in [0.4, 0.5) is 11.8 Å². The van der Waals surface area contributed by atoms with Gasteiger partial charge < -0.3 is 10.6 Å². The Bertz CT molecular complexity index is 311. The van der Waals surface area contributed by atoms with E-state index in [4.69, 9.17) is 5.73 Å². The van der Waals surface area contributed by atoms with Crippen molar-refractivity contribution in [2.45, 2.75) is 33.2 Å². The van der Waals surface area contributed by atoms with Crippen LogP contribution >= 0.6 is 0 Å². The number of rotatable bonds is 3. The molecule has 78 valence electrons. The predicted molar refractivity (Wildman–Crippen MR) is 59.3 cm³/mol. The fourth-order valence-corrected chi connectivity index (χ4v) is 1.29. The van der Waals surface area contributed by atoms with Crippen LogP contribution in [0, 0.1) is 6.92 Å². The second kappa shape index (κ2) is 4.26. The zero-order valence-electron chi connectivity index (χ0n) is 9.28. The third-order valence-electron chi connectivity index (χ3n) is 2.55. The van der Waals surface area contributed by atoms with E-state index in [2.05, 4.69) is 28.7 Å². The van der Waals surface area contributed by atoms with E-state index in [0.717, 1.165) is 17.8 Å². The number of aromatic nitrogens is 2. The second-order valence-electron chi connectivity index (χ2n) is 3.60. The largest absolute Gasteiger partial charge is 0.368 e. The van der Waals surface area contributed by atoms with Crippen LogP contribution in [0.5, 0.6) is 0 Å². The van der Waals surface area contributed by atoms with Crippen molar-refractivity contribution in [2.24, 2.45) is 0 Å². The van der Waals surface area contributed by atoms with Gasteiger partial charge in [-0.15, -0.1) is 0 Å². The molecule has 1 aromatic heterocycles. The molecule has 0 saturated carbocycles. The van der Waals surface area contributed by atoms with E-state index >= 15 is 0 Å². The Morgan fingerprint density at radius 3 is 2.79 bits per heavy atom. The van der Waals surface area contributed by atoms with Crippen LogP contribution in [0.2, 0.25) is 0 Å². The molecule has 4 heteroatoms. The maximum Gasteiger partial charge on any atom is 0.221 e. The quantitative estimate of drug-likeness (QED) is 0.794. The average molecular weight is 194 g/mol. The lowest BCUT2D eigenvalue weighted by Crippen LogP contribution is -2.29. The molecular weight excluding hydrogens is 176 g/mol. The van der Waals surface area contributed by atoms with E-state index in [1.165, 1.54) is 0 Å². The minimum atomic E-state index is 0.334. The molecule has 1 heterocycles. The van der Waals surface area contributed by atoms with Gasteiger partial charge in [-0.05, 0) is 20.3 Å². The SMILES string of the molecule is CCC(C)N(C)c1nc(N)ncc1C. The van der Waals surface area contributed by atoms with Crippen molar-refractivity contribution in [1.29, 1.82) is 0 Å². The molecule has 0 radical (unpaired) electrons. The minimum absolute atomic E-state index is 0.334. The number of hydrogen-bond acceptors (Lipinski definition) is 4. The lowest BCUT2D eigenvalue weighted by Gasteiger charge is -2.26. The Kier molecular flexibility index (Phi) is 3.28. The standard InChI is InChI=1S/C10H18N4/c1-5-8(3)14(4)9-7(2)6-12-10(11)13-9/h6,8H,5H2,1-4H3,(H2,11,12,13). The van der Waals surface area contributed by atoms with Crippen molar-refractivity contribution in [3.05, 3.63) is 11.8 Å². The molecule has 0 spiro atoms. The molecule has 1 atom stereocenters. The number of anilines is 2. The van der Waals surface area contributed by atoms with Crippen LogP contribution in [0.1, 0.15) is 25.8 Å². The summed E-state index contributed by atoms with van der Waals surface area (Å²) in [5.74, 6) is 1.26. The molecule has 0 amide bonds. The molecule has 14 heavy (non-hydrogen) atoms. The number of nitrogen functional groups attached to an aromatic ring is 1. The second-order valence-corrected chi connectivity index (χ2v) is 3.60. The fourth-order valence-electron chi connectivity index (χ4n) is 1.29. The van der Waals surface area contributed by atoms with E-state index in [1.807, 2.05) is 14.0 Å². The van der Waals surface area contributed by atoms with Crippen molar-refractivity contribution in [1.82, 2.24) is 9.97 Å². The third kappa shape index (κ3) is 2.13. The molecule has 0 aliphatic rings. The van der Waals surface area contributed by atoms with Crippen molar-refractivity contribution in [3.63, 3.8) is 0 Å². The average Bonchev–Trinajstić information content (AvgIpc) is 2.19. The molecular formula is C10H18N4. The highest BCUT2D eigenvalue weighted by Gasteiger charge is 2.12. The zero-order valence-corrected chi connectivity index (χ0v) is 9.28. The van der Waals surface area contributed by atoms with Crippen molar-refractivity contribution in [3.8, 4) is 0 Å². The Hall–Kier alpha value is -1.32. The van der Waals surface area contributed by atoms with Crippen LogP contribution in [-0.2, 0) is 0 Å². The van der Waals surface area contributed by atoms with Gasteiger partial charge in [-0.1, -0.05) is 6.92 Å². The van der Waals surface area contributed by atoms with Crippen LogP contribution in [0.25, 0.3) is 0 Å². The summed E-state index contributed by atoms with van der Waals surface area (Å²) in [5.41, 5.74) is 6.62. The lowest BCUT2D eigenvalue weighted by molar-refractivity contribution is 0.655. The molecule has 0 aliphatic carbocycles. The van der Waals surface area contributed by atoms with E-state index in [-0.39, 0.29) is 0 Å². The summed E-state index contributed by atoms with van der Waals surface area (Å²) >= 11 is 0. The van der Waals surface area contributed by atoms with Crippen LogP contribution in [0.15, 0.2) is 6.20 Å². The first-order valence-electron chi connectivity index (χ1n) is 4.88. The number of hydrogen-bond donors (Lipinski definition) is 1. The van der Waals surface area contributed by atoms with Crippen molar-refractivity contribution in [2.75, 3.05) is 17.7 Å². The number of nitrogens with zero attached hydrogens (tertiary/aromatic N) is 3. The van der Waals surface area contributed by atoms with Gasteiger partial charge in [-0.3, -0.25) is 0 Å². The smallest absolute Gasteiger partial charge is 0.221 e. The summed E-state index contributed by atoms with van der Waals surface area (Å²) in [4.78, 5) is 10.3. The van der Waals surface area contributed by atoms with Crippen LogP contribution in [-0.4, -0.2) is 23.1 Å². The molecule has 0 bridgehead atoms. The van der Waals surface area contributed by atoms with E-state index in [9.17, 15) is 0 Å². The normalized spacial score (nSPS) is 12.6. The minimum Gasteiger partial charge on any atom is -0.368 e. The zero-order chi connectivity index (χ0) is 10.7. The van der Waals surface area contributed by atoms with Crippen LogP contribution in [0.3, 0.4) is 0 Å². The molecule has 0 aromatic carbocycles. The Morgan fingerprint density at radius 2 is 2.21 bits per heavy atom. The molecule has 4 nitrogen and oxygen atoms in total. The van der Waals surface area contributed by atoms with E-state index in [1.54, 1.807) is 6.20 Å². The molecule has 1 rings (SSSR count). The lowest BCUT2D eigenvalue weighted by atomic mass is 10.2. The molecule has 0 aliphatic heterocycles. The van der Waals surface area contributed by atoms with Gasteiger partial charge in [0.15, 0.2) is 0 Å². The van der Waals surface area contributed by atoms with Gasteiger partial charge in [0.25, 0.3) is 0 Å². The van der Waals surface area contributed by atoms with Gasteiger partial charge in [0, 0.05) is 24.8 Å². The summed E-state index contributed by atoms with van der Waals surface area (Å²) < 4.78 is 0. The van der Waals surface area contributed by atoms with E-state index in [0.29, 0.717) is 12.0 Å².